The predicted octanol–water partition coefficient (Wildman–Crippen LogP) is 4.30. The number of amides is 1. The molecule has 0 atom stereocenters. The molecule has 0 spiro atoms. The predicted molar refractivity (Wildman–Crippen MR) is 118 cm³/mol. The fraction of sp³-hybridized carbons (Fsp3) is 0.364. The Labute approximate surface area is 197 Å². The van der Waals surface area contributed by atoms with E-state index in [1.165, 1.54) is 0 Å². The number of aryl methyl sites for hydroxylation is 1. The van der Waals surface area contributed by atoms with Crippen molar-refractivity contribution in [2.75, 3.05) is 10.6 Å². The Balaban J connectivity index is 1.51. The molecule has 2 heterocycles. The first-order valence-electron chi connectivity index (χ1n) is 10.8. The maximum Gasteiger partial charge on any atom is 0.471 e. The molecular weight excluding hydrogens is 473 g/mol. The average molecular weight is 495 g/mol. The van der Waals surface area contributed by atoms with Crippen LogP contribution in [0.1, 0.15) is 25.7 Å². The maximum absolute atomic E-state index is 13.6. The molecular formula is C22H22F5N7O. The summed E-state index contributed by atoms with van der Waals surface area (Å²) in [6, 6.07) is 2.26. The van der Waals surface area contributed by atoms with Gasteiger partial charge < -0.3 is 16.0 Å². The van der Waals surface area contributed by atoms with Gasteiger partial charge in [-0.1, -0.05) is 0 Å². The third kappa shape index (κ3) is 6.22. The molecule has 4 rings (SSSR count). The van der Waals surface area contributed by atoms with Crippen LogP contribution in [0.25, 0.3) is 11.1 Å². The van der Waals surface area contributed by atoms with Crippen molar-refractivity contribution in [3.63, 3.8) is 0 Å². The van der Waals surface area contributed by atoms with Crippen molar-refractivity contribution in [3.8, 4) is 11.1 Å². The Morgan fingerprint density at radius 3 is 2.29 bits per heavy atom. The van der Waals surface area contributed by atoms with Gasteiger partial charge in [0.05, 0.1) is 6.20 Å². The second-order valence-electron chi connectivity index (χ2n) is 8.31. The Morgan fingerprint density at radius 2 is 1.69 bits per heavy atom. The zero-order valence-corrected chi connectivity index (χ0v) is 18.5. The van der Waals surface area contributed by atoms with E-state index in [1.54, 1.807) is 30.3 Å². The molecule has 1 aliphatic carbocycles. The van der Waals surface area contributed by atoms with Crippen molar-refractivity contribution >= 4 is 23.4 Å². The van der Waals surface area contributed by atoms with E-state index in [0.717, 1.165) is 23.8 Å². The second kappa shape index (κ2) is 9.84. The largest absolute Gasteiger partial charge is 0.471 e. The average Bonchev–Trinajstić information content (AvgIpc) is 3.20. The van der Waals surface area contributed by atoms with Crippen molar-refractivity contribution in [2.45, 2.75) is 43.9 Å². The number of hydrogen-bond donors (Lipinski definition) is 3. The van der Waals surface area contributed by atoms with E-state index in [-0.39, 0.29) is 17.7 Å². The summed E-state index contributed by atoms with van der Waals surface area (Å²) >= 11 is 0. The smallest absolute Gasteiger partial charge is 0.367 e. The van der Waals surface area contributed by atoms with Gasteiger partial charge in [0.2, 0.25) is 5.95 Å². The highest BCUT2D eigenvalue weighted by Crippen LogP contribution is 2.30. The molecule has 1 fully saturated rings. The number of carbonyl (C=O) groups excluding carboxylic acids is 1. The second-order valence-corrected chi connectivity index (χ2v) is 8.31. The minimum atomic E-state index is -4.91. The van der Waals surface area contributed by atoms with Crippen LogP contribution in [0.4, 0.5) is 39.4 Å². The fourth-order valence-corrected chi connectivity index (χ4v) is 3.92. The number of hydrogen-bond acceptors (Lipinski definition) is 6. The monoisotopic (exact) mass is 495 g/mol. The molecule has 0 unspecified atom stereocenters. The molecule has 0 saturated heterocycles. The highest BCUT2D eigenvalue weighted by atomic mass is 19.4. The van der Waals surface area contributed by atoms with Crippen LogP contribution in [0.3, 0.4) is 0 Å². The Morgan fingerprint density at radius 1 is 1.03 bits per heavy atom. The van der Waals surface area contributed by atoms with Crippen molar-refractivity contribution in [1.29, 1.82) is 0 Å². The highest BCUT2D eigenvalue weighted by Gasteiger charge is 2.40. The van der Waals surface area contributed by atoms with Gasteiger partial charge in [-0.25, -0.2) is 13.8 Å². The van der Waals surface area contributed by atoms with Gasteiger partial charge in [-0.3, -0.25) is 9.48 Å². The van der Waals surface area contributed by atoms with Gasteiger partial charge in [0, 0.05) is 54.4 Å². The lowest BCUT2D eigenvalue weighted by Gasteiger charge is -2.30. The molecule has 186 valence electrons. The minimum absolute atomic E-state index is 0.0938. The van der Waals surface area contributed by atoms with Gasteiger partial charge in [-0.15, -0.1) is 0 Å². The summed E-state index contributed by atoms with van der Waals surface area (Å²) in [4.78, 5) is 19.9. The summed E-state index contributed by atoms with van der Waals surface area (Å²) in [5, 5.41) is 12.3. The van der Waals surface area contributed by atoms with Gasteiger partial charge in [0.15, 0.2) is 0 Å². The van der Waals surface area contributed by atoms with E-state index in [4.69, 9.17) is 0 Å². The SMILES string of the molecule is Cn1cc(-c2cnc(Nc3cc(F)cc(F)c3)nc2N[C@H]2CC[C@H](NC(=O)C(F)(F)F)CC2)cn1. The zero-order chi connectivity index (χ0) is 25.2. The van der Waals surface area contributed by atoms with Crippen molar-refractivity contribution in [2.24, 2.45) is 7.05 Å². The molecule has 1 amide bonds. The molecule has 13 heteroatoms. The lowest BCUT2D eigenvalue weighted by atomic mass is 9.91. The van der Waals surface area contributed by atoms with E-state index < -0.39 is 29.8 Å². The van der Waals surface area contributed by atoms with Crippen LogP contribution >= 0.6 is 0 Å². The van der Waals surface area contributed by atoms with Crippen LogP contribution in [-0.2, 0) is 11.8 Å². The van der Waals surface area contributed by atoms with Crippen LogP contribution in [0.15, 0.2) is 36.8 Å². The van der Waals surface area contributed by atoms with Crippen LogP contribution in [0.2, 0.25) is 0 Å². The van der Waals surface area contributed by atoms with Crippen LogP contribution in [-0.4, -0.2) is 43.9 Å². The van der Waals surface area contributed by atoms with E-state index in [0.29, 0.717) is 37.1 Å². The number of nitrogens with one attached hydrogen (secondary N) is 3. The molecule has 3 N–H and O–H groups in total. The summed E-state index contributed by atoms with van der Waals surface area (Å²) in [7, 11) is 1.75. The fourth-order valence-electron chi connectivity index (χ4n) is 3.92. The number of halogens is 5. The quantitative estimate of drug-likeness (QED) is 0.442. The highest BCUT2D eigenvalue weighted by molar-refractivity contribution is 5.82. The Kier molecular flexibility index (Phi) is 6.85. The first-order valence-corrected chi connectivity index (χ1v) is 10.8. The Hall–Kier alpha value is -3.77. The van der Waals surface area contributed by atoms with Crippen molar-refractivity contribution in [1.82, 2.24) is 25.1 Å². The number of carbonyl (C=O) groups is 1. The summed E-state index contributed by atoms with van der Waals surface area (Å²) < 4.78 is 66.3. The zero-order valence-electron chi connectivity index (χ0n) is 18.5. The van der Waals surface area contributed by atoms with Gasteiger partial charge in [0.1, 0.15) is 17.5 Å². The van der Waals surface area contributed by atoms with E-state index in [2.05, 4.69) is 25.7 Å². The van der Waals surface area contributed by atoms with Gasteiger partial charge in [0.25, 0.3) is 0 Å². The number of benzene rings is 1. The lowest BCUT2D eigenvalue weighted by molar-refractivity contribution is -0.174. The Bertz CT molecular complexity index is 1180. The third-order valence-electron chi connectivity index (χ3n) is 5.58. The summed E-state index contributed by atoms with van der Waals surface area (Å²) in [5.74, 6) is -2.93. The topological polar surface area (TPSA) is 96.8 Å². The molecule has 0 aliphatic heterocycles. The maximum atomic E-state index is 13.6. The molecule has 1 saturated carbocycles. The van der Waals surface area contributed by atoms with Crippen molar-refractivity contribution in [3.05, 3.63) is 48.4 Å². The molecule has 1 aromatic carbocycles. The normalized spacial score (nSPS) is 18.2. The van der Waals surface area contributed by atoms with Crippen molar-refractivity contribution < 1.29 is 26.7 Å². The number of nitrogens with zero attached hydrogens (tertiary/aromatic N) is 4. The minimum Gasteiger partial charge on any atom is -0.367 e. The van der Waals surface area contributed by atoms with Gasteiger partial charge >= 0.3 is 12.1 Å². The summed E-state index contributed by atoms with van der Waals surface area (Å²) in [6.45, 7) is 0. The number of aromatic nitrogens is 4. The number of rotatable bonds is 6. The molecule has 3 aromatic rings. The van der Waals surface area contributed by atoms with Gasteiger partial charge in [-0.05, 0) is 37.8 Å². The summed E-state index contributed by atoms with van der Waals surface area (Å²) in [6.07, 6.45) is 1.74. The standard InChI is InChI=1S/C22H22F5N7O/c1-34-11-12(9-29-34)18-10-28-21(32-17-7-13(23)6-14(24)8-17)33-19(18)30-15-2-4-16(5-3-15)31-20(35)22(25,26)27/h6-11,15-16H,2-5H2,1H3,(H,31,35)(H2,28,30,32,33)/t15-,16-. The van der Waals surface area contributed by atoms with Gasteiger partial charge in [-0.2, -0.15) is 23.3 Å². The summed E-state index contributed by atoms with van der Waals surface area (Å²) in [5.41, 5.74) is 1.48. The number of alkyl halides is 3. The van der Waals surface area contributed by atoms with Crippen LogP contribution < -0.4 is 16.0 Å². The first-order chi connectivity index (χ1) is 16.6. The van der Waals surface area contributed by atoms with Crippen LogP contribution in [0, 0.1) is 11.6 Å². The molecule has 1 aliphatic rings. The van der Waals surface area contributed by atoms with E-state index >= 15 is 0 Å². The third-order valence-corrected chi connectivity index (χ3v) is 5.58. The molecule has 8 nitrogen and oxygen atoms in total. The molecule has 2 aromatic heterocycles. The van der Waals surface area contributed by atoms with Crippen LogP contribution in [0.5, 0.6) is 0 Å². The molecule has 35 heavy (non-hydrogen) atoms. The lowest BCUT2D eigenvalue weighted by Crippen LogP contribution is -2.45. The first kappa shape index (κ1) is 24.4. The van der Waals surface area contributed by atoms with E-state index in [9.17, 15) is 26.7 Å². The molecule has 0 radical (unpaired) electrons. The number of anilines is 3. The van der Waals surface area contributed by atoms with E-state index in [1.807, 2.05) is 5.32 Å². The molecule has 0 bridgehead atoms.